The molecule has 3 nitrogen and oxygen atoms in total. The smallest absolute Gasteiger partial charge is 0.370 e. The average molecular weight is 494 g/mol. The number of amides is 1. The summed E-state index contributed by atoms with van der Waals surface area (Å²) in [6, 6.07) is 9.16. The van der Waals surface area contributed by atoms with Crippen molar-refractivity contribution in [1.29, 1.82) is 0 Å². The maximum atomic E-state index is 14.3. The van der Waals surface area contributed by atoms with Gasteiger partial charge in [0, 0.05) is 46.3 Å². The Labute approximate surface area is 194 Å². The predicted octanol–water partition coefficient (Wildman–Crippen LogP) is 6.63. The van der Waals surface area contributed by atoms with Crippen molar-refractivity contribution < 1.29 is 18.0 Å². The molecule has 3 rings (SSSR count). The third kappa shape index (κ3) is 5.07. The van der Waals surface area contributed by atoms with Crippen LogP contribution in [0.1, 0.15) is 31.4 Å². The van der Waals surface area contributed by atoms with E-state index in [9.17, 15) is 18.0 Å². The summed E-state index contributed by atoms with van der Waals surface area (Å²) in [4.78, 5) is 13.4. The first kappa shape index (κ1) is 24.0. The minimum atomic E-state index is -4.49. The molecule has 1 N–H and O–H groups in total. The van der Waals surface area contributed by atoms with E-state index in [1.165, 1.54) is 18.2 Å². The zero-order valence-electron chi connectivity index (χ0n) is 17.0. The van der Waals surface area contributed by atoms with Crippen LogP contribution < -0.4 is 10.2 Å². The highest BCUT2D eigenvalue weighted by Crippen LogP contribution is 2.49. The molecule has 2 aromatic carbocycles. The highest BCUT2D eigenvalue weighted by molar-refractivity contribution is 6.34. The lowest BCUT2D eigenvalue weighted by molar-refractivity contribution is -0.184. The third-order valence-electron chi connectivity index (χ3n) is 5.61. The normalized spacial score (nSPS) is 19.2. The van der Waals surface area contributed by atoms with Crippen molar-refractivity contribution in [2.24, 2.45) is 5.92 Å². The fourth-order valence-electron chi connectivity index (χ4n) is 3.75. The number of nitrogens with one attached hydrogen (secondary N) is 1. The Balaban J connectivity index is 1.85. The number of carbonyl (C=O) groups excluding carboxylic acids is 1. The molecular formula is C22H22Cl3F3N2O. The van der Waals surface area contributed by atoms with Gasteiger partial charge >= 0.3 is 6.18 Å². The second-order valence-electron chi connectivity index (χ2n) is 8.06. The van der Waals surface area contributed by atoms with Gasteiger partial charge < -0.3 is 10.2 Å². The van der Waals surface area contributed by atoms with Gasteiger partial charge in [-0.15, -0.1) is 0 Å². The Kier molecular flexibility index (Phi) is 7.04. The largest absolute Gasteiger partial charge is 0.400 e. The van der Waals surface area contributed by atoms with Crippen LogP contribution in [-0.4, -0.2) is 25.2 Å². The van der Waals surface area contributed by atoms with Gasteiger partial charge in [0.15, 0.2) is 0 Å². The Bertz CT molecular complexity index is 961. The maximum Gasteiger partial charge on any atom is 0.400 e. The number of alkyl halides is 3. The summed E-state index contributed by atoms with van der Waals surface area (Å²) in [6.07, 6.45) is -4.61. The molecule has 1 amide bonds. The van der Waals surface area contributed by atoms with E-state index < -0.39 is 11.6 Å². The molecule has 1 saturated heterocycles. The Morgan fingerprint density at radius 2 is 1.77 bits per heavy atom. The molecule has 1 heterocycles. The quantitative estimate of drug-likeness (QED) is 0.507. The van der Waals surface area contributed by atoms with Crippen molar-refractivity contribution in [1.82, 2.24) is 5.32 Å². The SMILES string of the molecule is CC(C)C(=O)NCc1ccc(N2CCC(c3cc(Cl)cc(Cl)c3)(C(F)(F)F)C2)cc1Cl. The highest BCUT2D eigenvalue weighted by atomic mass is 35.5. The first-order chi connectivity index (χ1) is 14.4. The van der Waals surface area contributed by atoms with E-state index in [1.54, 1.807) is 36.9 Å². The molecule has 0 radical (unpaired) electrons. The van der Waals surface area contributed by atoms with Gasteiger partial charge in [-0.05, 0) is 47.9 Å². The van der Waals surface area contributed by atoms with E-state index in [0.717, 1.165) is 0 Å². The summed E-state index contributed by atoms with van der Waals surface area (Å²) >= 11 is 18.3. The third-order valence-corrected chi connectivity index (χ3v) is 6.39. The first-order valence-corrected chi connectivity index (χ1v) is 10.9. The molecule has 0 saturated carbocycles. The number of anilines is 1. The second-order valence-corrected chi connectivity index (χ2v) is 9.34. The average Bonchev–Trinajstić information content (AvgIpc) is 3.12. The van der Waals surface area contributed by atoms with Gasteiger partial charge in [-0.1, -0.05) is 54.7 Å². The number of rotatable bonds is 5. The van der Waals surface area contributed by atoms with Crippen LogP contribution in [0, 0.1) is 5.92 Å². The summed E-state index contributed by atoms with van der Waals surface area (Å²) in [5.41, 5.74) is -0.748. The van der Waals surface area contributed by atoms with E-state index in [2.05, 4.69) is 5.32 Å². The van der Waals surface area contributed by atoms with Crippen molar-refractivity contribution in [2.75, 3.05) is 18.0 Å². The minimum Gasteiger partial charge on any atom is -0.370 e. The lowest BCUT2D eigenvalue weighted by Crippen LogP contribution is -2.44. The Morgan fingerprint density at radius 1 is 1.13 bits per heavy atom. The summed E-state index contributed by atoms with van der Waals surface area (Å²) in [6.45, 7) is 3.75. The number of carbonyl (C=O) groups is 1. The molecule has 0 spiro atoms. The molecule has 2 aromatic rings. The van der Waals surface area contributed by atoms with E-state index in [1.807, 2.05) is 0 Å². The van der Waals surface area contributed by atoms with E-state index in [4.69, 9.17) is 34.8 Å². The van der Waals surface area contributed by atoms with E-state index in [0.29, 0.717) is 16.3 Å². The zero-order valence-corrected chi connectivity index (χ0v) is 19.3. The standard InChI is InChI=1S/C22H22Cl3F3N2O/c1-13(2)20(31)29-11-14-3-4-18(10-19(14)25)30-6-5-21(12-30,22(26,27)28)15-7-16(23)9-17(24)8-15/h3-4,7-10,13H,5-6,11-12H2,1-2H3,(H,29,31). The van der Waals surface area contributed by atoms with Crippen LogP contribution in [0.4, 0.5) is 18.9 Å². The van der Waals surface area contributed by atoms with Crippen molar-refractivity contribution in [3.8, 4) is 0 Å². The highest BCUT2D eigenvalue weighted by Gasteiger charge is 2.59. The van der Waals surface area contributed by atoms with Crippen molar-refractivity contribution >= 4 is 46.4 Å². The van der Waals surface area contributed by atoms with Crippen molar-refractivity contribution in [3.63, 3.8) is 0 Å². The van der Waals surface area contributed by atoms with Crippen LogP contribution in [0.5, 0.6) is 0 Å². The van der Waals surface area contributed by atoms with Crippen LogP contribution in [0.25, 0.3) is 0 Å². The number of hydrogen-bond acceptors (Lipinski definition) is 2. The maximum absolute atomic E-state index is 14.3. The van der Waals surface area contributed by atoms with Crippen LogP contribution in [-0.2, 0) is 16.8 Å². The van der Waals surface area contributed by atoms with E-state index >= 15 is 0 Å². The van der Waals surface area contributed by atoms with Gasteiger partial charge in [-0.3, -0.25) is 4.79 Å². The van der Waals surface area contributed by atoms with Gasteiger partial charge in [0.25, 0.3) is 0 Å². The van der Waals surface area contributed by atoms with Crippen LogP contribution in [0.15, 0.2) is 36.4 Å². The van der Waals surface area contributed by atoms with Gasteiger partial charge in [0.2, 0.25) is 5.91 Å². The fraction of sp³-hybridized carbons (Fsp3) is 0.409. The lowest BCUT2D eigenvalue weighted by Gasteiger charge is -2.33. The monoisotopic (exact) mass is 492 g/mol. The summed E-state index contributed by atoms with van der Waals surface area (Å²) in [5, 5.41) is 3.50. The number of benzene rings is 2. The molecule has 0 aromatic heterocycles. The molecule has 1 atom stereocenters. The van der Waals surface area contributed by atoms with Crippen molar-refractivity contribution in [3.05, 3.63) is 62.6 Å². The molecule has 1 fully saturated rings. The molecule has 31 heavy (non-hydrogen) atoms. The molecule has 1 aliphatic heterocycles. The molecule has 1 aliphatic rings. The fourth-order valence-corrected chi connectivity index (χ4v) is 4.52. The van der Waals surface area contributed by atoms with E-state index in [-0.39, 0.29) is 53.5 Å². The predicted molar refractivity (Wildman–Crippen MR) is 119 cm³/mol. The molecule has 9 heteroatoms. The molecule has 0 aliphatic carbocycles. The number of nitrogens with zero attached hydrogens (tertiary/aromatic N) is 1. The minimum absolute atomic E-state index is 0.0547. The Hall–Kier alpha value is -1.63. The van der Waals surface area contributed by atoms with Crippen LogP contribution in [0.2, 0.25) is 15.1 Å². The second kappa shape index (κ2) is 9.08. The summed E-state index contributed by atoms with van der Waals surface area (Å²) < 4.78 is 42.8. The van der Waals surface area contributed by atoms with Crippen LogP contribution in [0.3, 0.4) is 0 Å². The lowest BCUT2D eigenvalue weighted by atomic mass is 9.79. The number of hydrogen-bond donors (Lipinski definition) is 1. The first-order valence-electron chi connectivity index (χ1n) is 9.77. The molecule has 0 bridgehead atoms. The topological polar surface area (TPSA) is 32.3 Å². The van der Waals surface area contributed by atoms with Crippen molar-refractivity contribution in [2.45, 2.75) is 38.4 Å². The molecular weight excluding hydrogens is 472 g/mol. The molecule has 1 unspecified atom stereocenters. The Morgan fingerprint density at radius 3 is 2.32 bits per heavy atom. The van der Waals surface area contributed by atoms with Gasteiger partial charge in [0.05, 0.1) is 0 Å². The van der Waals surface area contributed by atoms with Gasteiger partial charge in [-0.25, -0.2) is 0 Å². The number of halogens is 6. The van der Waals surface area contributed by atoms with Crippen LogP contribution >= 0.6 is 34.8 Å². The van der Waals surface area contributed by atoms with Gasteiger partial charge in [0.1, 0.15) is 5.41 Å². The zero-order chi connectivity index (χ0) is 23.0. The molecule has 168 valence electrons. The van der Waals surface area contributed by atoms with Gasteiger partial charge in [-0.2, -0.15) is 13.2 Å². The summed E-state index contributed by atoms with van der Waals surface area (Å²) in [5.74, 6) is -0.257. The summed E-state index contributed by atoms with van der Waals surface area (Å²) in [7, 11) is 0.